The van der Waals surface area contributed by atoms with Crippen LogP contribution in [0.1, 0.15) is 0 Å². The number of carbonyl (C=O) groups is 1. The predicted molar refractivity (Wildman–Crippen MR) is 60.0 cm³/mol. The molecular weight excluding hydrogens is 192 g/mol. The lowest BCUT2D eigenvalue weighted by Gasteiger charge is -2.10. The van der Waals surface area contributed by atoms with Gasteiger partial charge in [0.25, 0.3) is 0 Å². The summed E-state index contributed by atoms with van der Waals surface area (Å²) in [6.45, 7) is 1.12. The fraction of sp³-hybridized carbons (Fsp3) is 0.364. The molecule has 0 aromatic heterocycles. The van der Waals surface area contributed by atoms with E-state index in [0.29, 0.717) is 6.61 Å². The number of hydrogen-bond donors (Lipinski definition) is 1. The minimum atomic E-state index is -0.414. The summed E-state index contributed by atoms with van der Waals surface area (Å²) in [6, 6.07) is 9.23. The Balaban J connectivity index is 2.25. The van der Waals surface area contributed by atoms with Gasteiger partial charge in [0.15, 0.2) is 0 Å². The van der Waals surface area contributed by atoms with Gasteiger partial charge in [-0.05, 0) is 26.2 Å². The topological polar surface area (TPSA) is 41.6 Å². The molecule has 0 saturated heterocycles. The van der Waals surface area contributed by atoms with E-state index in [2.05, 4.69) is 5.32 Å². The van der Waals surface area contributed by atoms with Crippen LogP contribution in [0.15, 0.2) is 30.3 Å². The molecule has 1 amide bonds. The smallest absolute Gasteiger partial charge is 0.411 e. The van der Waals surface area contributed by atoms with Gasteiger partial charge < -0.3 is 9.64 Å². The first-order valence-electron chi connectivity index (χ1n) is 4.82. The van der Waals surface area contributed by atoms with Crippen molar-refractivity contribution in [1.82, 2.24) is 4.90 Å². The second kappa shape index (κ2) is 6.03. The van der Waals surface area contributed by atoms with Gasteiger partial charge in [-0.1, -0.05) is 18.2 Å². The van der Waals surface area contributed by atoms with E-state index in [1.807, 2.05) is 49.3 Å². The van der Waals surface area contributed by atoms with E-state index in [0.717, 1.165) is 12.2 Å². The van der Waals surface area contributed by atoms with Gasteiger partial charge >= 0.3 is 6.09 Å². The van der Waals surface area contributed by atoms with Crippen LogP contribution in [0.3, 0.4) is 0 Å². The number of ether oxygens (including phenoxy) is 1. The van der Waals surface area contributed by atoms with Crippen molar-refractivity contribution in [3.05, 3.63) is 30.3 Å². The summed E-state index contributed by atoms with van der Waals surface area (Å²) in [5.74, 6) is 0. The molecule has 0 aliphatic carbocycles. The first kappa shape index (κ1) is 11.5. The zero-order valence-corrected chi connectivity index (χ0v) is 9.06. The van der Waals surface area contributed by atoms with Crippen LogP contribution in [0.2, 0.25) is 0 Å². The van der Waals surface area contributed by atoms with Gasteiger partial charge in [0, 0.05) is 12.2 Å². The first-order chi connectivity index (χ1) is 7.18. The molecule has 0 heterocycles. The largest absolute Gasteiger partial charge is 0.448 e. The third-order valence-electron chi connectivity index (χ3n) is 1.79. The van der Waals surface area contributed by atoms with Crippen LogP contribution < -0.4 is 5.32 Å². The average Bonchev–Trinajstić information content (AvgIpc) is 2.18. The molecule has 15 heavy (non-hydrogen) atoms. The highest BCUT2D eigenvalue weighted by Crippen LogP contribution is 2.04. The Morgan fingerprint density at radius 2 is 2.00 bits per heavy atom. The van der Waals surface area contributed by atoms with Crippen LogP contribution in [0, 0.1) is 0 Å². The molecule has 0 bridgehead atoms. The molecule has 1 aromatic rings. The third-order valence-corrected chi connectivity index (χ3v) is 1.79. The molecule has 0 unspecified atom stereocenters. The minimum Gasteiger partial charge on any atom is -0.448 e. The van der Waals surface area contributed by atoms with Gasteiger partial charge in [0.05, 0.1) is 0 Å². The standard InChI is InChI=1S/C11H16N2O2/c1-13(2)8-9-15-11(14)12-10-6-4-3-5-7-10/h3-7H,8-9H2,1-2H3,(H,12,14). The number of anilines is 1. The Kier molecular flexibility index (Phi) is 4.63. The lowest BCUT2D eigenvalue weighted by atomic mass is 10.3. The van der Waals surface area contributed by atoms with Crippen molar-refractivity contribution in [2.24, 2.45) is 0 Å². The second-order valence-corrected chi connectivity index (χ2v) is 3.43. The number of benzene rings is 1. The van der Waals surface area contributed by atoms with Crippen LogP contribution in [-0.4, -0.2) is 38.2 Å². The van der Waals surface area contributed by atoms with Crippen molar-refractivity contribution in [2.45, 2.75) is 0 Å². The van der Waals surface area contributed by atoms with Gasteiger partial charge in [0.1, 0.15) is 6.61 Å². The fourth-order valence-corrected chi connectivity index (χ4v) is 0.996. The highest BCUT2D eigenvalue weighted by molar-refractivity contribution is 5.84. The lowest BCUT2D eigenvalue weighted by Crippen LogP contribution is -2.22. The molecule has 0 atom stereocenters. The quantitative estimate of drug-likeness (QED) is 0.820. The Morgan fingerprint density at radius 3 is 2.60 bits per heavy atom. The summed E-state index contributed by atoms with van der Waals surface area (Å²) < 4.78 is 4.97. The average molecular weight is 208 g/mol. The minimum absolute atomic E-state index is 0.395. The van der Waals surface area contributed by atoms with Crippen molar-refractivity contribution in [3.63, 3.8) is 0 Å². The van der Waals surface area contributed by atoms with E-state index in [9.17, 15) is 4.79 Å². The molecular formula is C11H16N2O2. The maximum absolute atomic E-state index is 11.2. The van der Waals surface area contributed by atoms with Crippen LogP contribution in [0.5, 0.6) is 0 Å². The molecule has 0 aliphatic heterocycles. The van der Waals surface area contributed by atoms with Gasteiger partial charge in [-0.15, -0.1) is 0 Å². The van der Waals surface area contributed by atoms with Gasteiger partial charge in [-0.25, -0.2) is 4.79 Å². The summed E-state index contributed by atoms with van der Waals surface area (Å²) in [7, 11) is 3.86. The summed E-state index contributed by atoms with van der Waals surface area (Å²) in [4.78, 5) is 13.2. The lowest BCUT2D eigenvalue weighted by molar-refractivity contribution is 0.151. The van der Waals surface area contributed by atoms with Gasteiger partial charge in [-0.3, -0.25) is 5.32 Å². The van der Waals surface area contributed by atoms with Crippen molar-refractivity contribution >= 4 is 11.8 Å². The monoisotopic (exact) mass is 208 g/mol. The number of likely N-dealkylation sites (N-methyl/N-ethyl adjacent to an activating group) is 1. The van der Waals surface area contributed by atoms with Crippen molar-refractivity contribution in [3.8, 4) is 0 Å². The zero-order chi connectivity index (χ0) is 11.1. The Hall–Kier alpha value is -1.55. The van der Waals surface area contributed by atoms with Gasteiger partial charge in [-0.2, -0.15) is 0 Å². The van der Waals surface area contributed by atoms with E-state index in [4.69, 9.17) is 4.74 Å². The van der Waals surface area contributed by atoms with E-state index in [1.165, 1.54) is 0 Å². The summed E-state index contributed by atoms with van der Waals surface area (Å²) >= 11 is 0. The molecule has 82 valence electrons. The van der Waals surface area contributed by atoms with E-state index < -0.39 is 6.09 Å². The summed E-state index contributed by atoms with van der Waals surface area (Å²) in [5.41, 5.74) is 0.743. The summed E-state index contributed by atoms with van der Waals surface area (Å²) in [6.07, 6.45) is -0.414. The number of nitrogens with zero attached hydrogens (tertiary/aromatic N) is 1. The Morgan fingerprint density at radius 1 is 1.33 bits per heavy atom. The molecule has 0 saturated carbocycles. The number of hydrogen-bond acceptors (Lipinski definition) is 3. The molecule has 4 heteroatoms. The number of para-hydroxylation sites is 1. The number of carbonyl (C=O) groups excluding carboxylic acids is 1. The zero-order valence-electron chi connectivity index (χ0n) is 9.06. The third kappa shape index (κ3) is 5.02. The molecule has 0 aliphatic rings. The second-order valence-electron chi connectivity index (χ2n) is 3.43. The molecule has 0 radical (unpaired) electrons. The normalized spacial score (nSPS) is 10.1. The predicted octanol–water partition coefficient (Wildman–Crippen LogP) is 1.80. The highest BCUT2D eigenvalue weighted by atomic mass is 16.5. The van der Waals surface area contributed by atoms with Crippen molar-refractivity contribution in [2.75, 3.05) is 32.6 Å². The number of rotatable bonds is 4. The van der Waals surface area contributed by atoms with E-state index in [-0.39, 0.29) is 0 Å². The highest BCUT2D eigenvalue weighted by Gasteiger charge is 2.01. The Labute approximate surface area is 89.8 Å². The van der Waals surface area contributed by atoms with Crippen LogP contribution in [0.4, 0.5) is 10.5 Å². The fourth-order valence-electron chi connectivity index (χ4n) is 0.996. The number of amides is 1. The van der Waals surface area contributed by atoms with Crippen molar-refractivity contribution in [1.29, 1.82) is 0 Å². The van der Waals surface area contributed by atoms with Crippen LogP contribution >= 0.6 is 0 Å². The maximum atomic E-state index is 11.2. The van der Waals surface area contributed by atoms with Crippen LogP contribution in [-0.2, 0) is 4.74 Å². The van der Waals surface area contributed by atoms with Crippen molar-refractivity contribution < 1.29 is 9.53 Å². The van der Waals surface area contributed by atoms with E-state index >= 15 is 0 Å². The molecule has 1 rings (SSSR count). The molecule has 1 N–H and O–H groups in total. The molecule has 1 aromatic carbocycles. The Bertz CT molecular complexity index is 299. The first-order valence-corrected chi connectivity index (χ1v) is 4.82. The molecule has 0 spiro atoms. The van der Waals surface area contributed by atoms with Gasteiger partial charge in [0.2, 0.25) is 0 Å². The molecule has 4 nitrogen and oxygen atoms in total. The molecule has 0 fully saturated rings. The SMILES string of the molecule is CN(C)CCOC(=O)Nc1ccccc1. The maximum Gasteiger partial charge on any atom is 0.411 e. The summed E-state index contributed by atoms with van der Waals surface area (Å²) in [5, 5.41) is 2.64. The number of nitrogens with one attached hydrogen (secondary N) is 1. The van der Waals surface area contributed by atoms with E-state index in [1.54, 1.807) is 0 Å². The van der Waals surface area contributed by atoms with Crippen LogP contribution in [0.25, 0.3) is 0 Å².